The highest BCUT2D eigenvalue weighted by atomic mass is 32.2. The van der Waals surface area contributed by atoms with E-state index in [1.807, 2.05) is 50.2 Å². The predicted molar refractivity (Wildman–Crippen MR) is 169 cm³/mol. The second kappa shape index (κ2) is 12.6. The van der Waals surface area contributed by atoms with Gasteiger partial charge in [0.25, 0.3) is 11.1 Å². The van der Waals surface area contributed by atoms with Crippen LogP contribution < -0.4 is 10.6 Å². The van der Waals surface area contributed by atoms with Crippen molar-refractivity contribution in [2.75, 3.05) is 37.0 Å². The number of carbonyl (C=O) groups is 1. The lowest BCUT2D eigenvalue weighted by atomic mass is 10.1. The van der Waals surface area contributed by atoms with Crippen molar-refractivity contribution in [3.05, 3.63) is 90.5 Å². The summed E-state index contributed by atoms with van der Waals surface area (Å²) in [7, 11) is 3.96. The van der Waals surface area contributed by atoms with Gasteiger partial charge in [0.1, 0.15) is 29.2 Å². The number of rotatable bonds is 10. The van der Waals surface area contributed by atoms with E-state index in [-0.39, 0.29) is 17.3 Å². The first kappa shape index (κ1) is 29.0. The number of anilines is 3. The molecule has 4 heterocycles. The molecule has 1 amide bonds. The minimum atomic E-state index is -0.456. The van der Waals surface area contributed by atoms with Crippen molar-refractivity contribution in [3.8, 4) is 22.6 Å². The van der Waals surface area contributed by atoms with E-state index in [0.717, 1.165) is 29.1 Å². The van der Waals surface area contributed by atoms with E-state index in [1.54, 1.807) is 30.7 Å². The van der Waals surface area contributed by atoms with Crippen molar-refractivity contribution in [1.29, 1.82) is 0 Å². The quantitative estimate of drug-likeness (QED) is 0.155. The van der Waals surface area contributed by atoms with E-state index in [0.29, 0.717) is 39.1 Å². The van der Waals surface area contributed by atoms with Crippen LogP contribution in [0.15, 0.2) is 83.1 Å². The van der Waals surface area contributed by atoms with E-state index in [9.17, 15) is 9.18 Å². The lowest BCUT2D eigenvalue weighted by molar-refractivity contribution is 0.102. The number of nitrogens with zero attached hydrogens (tertiary/aromatic N) is 6. The number of amides is 1. The summed E-state index contributed by atoms with van der Waals surface area (Å²) in [6.07, 6.45) is 4.74. The molecule has 6 aromatic rings. The summed E-state index contributed by atoms with van der Waals surface area (Å²) in [5.74, 6) is 0.719. The molecular weight excluding hydrogens is 581 g/mol. The van der Waals surface area contributed by atoms with Crippen LogP contribution in [0.25, 0.3) is 33.7 Å². The zero-order chi connectivity index (χ0) is 30.6. The van der Waals surface area contributed by atoms with Gasteiger partial charge in [-0.2, -0.15) is 4.98 Å². The molecule has 0 aliphatic heterocycles. The number of thioether (sulfide) groups is 1. The zero-order valence-electron chi connectivity index (χ0n) is 24.1. The van der Waals surface area contributed by atoms with Crippen molar-refractivity contribution < 1.29 is 13.6 Å². The van der Waals surface area contributed by atoms with E-state index in [4.69, 9.17) is 4.42 Å². The molecule has 0 aliphatic carbocycles. The maximum atomic E-state index is 13.6. The molecule has 3 N–H and O–H groups in total. The van der Waals surface area contributed by atoms with Crippen LogP contribution in [0.2, 0.25) is 0 Å². The molecule has 0 fully saturated rings. The van der Waals surface area contributed by atoms with Gasteiger partial charge >= 0.3 is 0 Å². The molecular formula is C31H28FN9O2S. The number of oxazole rings is 1. The van der Waals surface area contributed by atoms with Gasteiger partial charge in [0.15, 0.2) is 17.1 Å². The topological polar surface area (TPSA) is 138 Å². The summed E-state index contributed by atoms with van der Waals surface area (Å²) in [5.41, 5.74) is 5.48. The number of aromatic amines is 1. The van der Waals surface area contributed by atoms with E-state index >= 15 is 0 Å². The third-order valence-electron chi connectivity index (χ3n) is 6.72. The Morgan fingerprint density at radius 3 is 2.73 bits per heavy atom. The number of fused-ring (bicyclic) bond motifs is 1. The number of H-pyrrole nitrogens is 1. The number of aromatic nitrogens is 6. The van der Waals surface area contributed by atoms with Gasteiger partial charge in [-0.05, 0) is 75.1 Å². The van der Waals surface area contributed by atoms with E-state index in [1.165, 1.54) is 30.2 Å². The van der Waals surface area contributed by atoms with Crippen molar-refractivity contribution in [2.45, 2.75) is 12.1 Å². The SMILES string of the molecule is Cc1ccc(NC(=O)c2nc(SCCN(C)C)oc2-c2ccc(F)cc2)cc1Nc1ncccc1-c1ncnc2[nH]cnc12. The number of halogens is 1. The maximum absolute atomic E-state index is 13.6. The third-order valence-corrected chi connectivity index (χ3v) is 7.53. The summed E-state index contributed by atoms with van der Waals surface area (Å²) >= 11 is 1.41. The normalized spacial score (nSPS) is 11.3. The van der Waals surface area contributed by atoms with Gasteiger partial charge in [-0.1, -0.05) is 17.8 Å². The lowest BCUT2D eigenvalue weighted by Gasteiger charge is -2.14. The fourth-order valence-electron chi connectivity index (χ4n) is 4.44. The Labute approximate surface area is 256 Å². The third kappa shape index (κ3) is 6.28. The lowest BCUT2D eigenvalue weighted by Crippen LogP contribution is -2.15. The Kier molecular flexibility index (Phi) is 8.30. The first-order valence-electron chi connectivity index (χ1n) is 13.7. The van der Waals surface area contributed by atoms with Crippen molar-refractivity contribution in [1.82, 2.24) is 34.8 Å². The number of pyridine rings is 1. The molecule has 0 saturated heterocycles. The fourth-order valence-corrected chi connectivity index (χ4v) is 5.37. The highest BCUT2D eigenvalue weighted by Crippen LogP contribution is 2.33. The van der Waals surface area contributed by atoms with Gasteiger partial charge in [0.05, 0.1) is 6.33 Å². The highest BCUT2D eigenvalue weighted by Gasteiger charge is 2.23. The van der Waals surface area contributed by atoms with Gasteiger partial charge in [0.2, 0.25) is 0 Å². The van der Waals surface area contributed by atoms with Crippen LogP contribution in [0, 0.1) is 12.7 Å². The largest absolute Gasteiger partial charge is 0.430 e. The van der Waals surface area contributed by atoms with Crippen LogP contribution in [0.1, 0.15) is 16.1 Å². The van der Waals surface area contributed by atoms with Gasteiger partial charge in [0, 0.05) is 41.0 Å². The maximum Gasteiger partial charge on any atom is 0.278 e. The first-order chi connectivity index (χ1) is 21.4. The van der Waals surface area contributed by atoms with Gasteiger partial charge in [-0.25, -0.2) is 24.3 Å². The number of hydrogen-bond donors (Lipinski definition) is 3. The Morgan fingerprint density at radius 2 is 1.91 bits per heavy atom. The average molecular weight is 610 g/mol. The second-order valence-corrected chi connectivity index (χ2v) is 11.2. The van der Waals surface area contributed by atoms with E-state index < -0.39 is 5.91 Å². The minimum Gasteiger partial charge on any atom is -0.430 e. The highest BCUT2D eigenvalue weighted by molar-refractivity contribution is 7.99. The van der Waals surface area contributed by atoms with Crippen LogP contribution in [0.3, 0.4) is 0 Å². The number of nitrogens with one attached hydrogen (secondary N) is 3. The molecule has 2 aromatic carbocycles. The molecule has 11 nitrogen and oxygen atoms in total. The second-order valence-electron chi connectivity index (χ2n) is 10.1. The molecule has 0 unspecified atom stereocenters. The summed E-state index contributed by atoms with van der Waals surface area (Å²) in [5, 5.41) is 6.69. The molecule has 222 valence electrons. The van der Waals surface area contributed by atoms with Gasteiger partial charge in [-0.3, -0.25) is 4.79 Å². The number of carbonyl (C=O) groups excluding carboxylic acids is 1. The van der Waals surface area contributed by atoms with Crippen LogP contribution in [-0.2, 0) is 0 Å². The minimum absolute atomic E-state index is 0.109. The van der Waals surface area contributed by atoms with E-state index in [2.05, 4.69) is 40.5 Å². The number of hydrogen-bond acceptors (Lipinski definition) is 10. The summed E-state index contributed by atoms with van der Waals surface area (Å²) in [6, 6.07) is 15.0. The molecule has 6 rings (SSSR count). The van der Waals surface area contributed by atoms with Crippen molar-refractivity contribution >= 4 is 46.0 Å². The summed E-state index contributed by atoms with van der Waals surface area (Å²) < 4.78 is 19.6. The zero-order valence-corrected chi connectivity index (χ0v) is 24.9. The number of benzene rings is 2. The van der Waals surface area contributed by atoms with Crippen LogP contribution in [0.4, 0.5) is 21.6 Å². The molecule has 0 aliphatic rings. The molecule has 0 spiro atoms. The Morgan fingerprint density at radius 1 is 1.07 bits per heavy atom. The van der Waals surface area contributed by atoms with Crippen LogP contribution in [0.5, 0.6) is 0 Å². The molecule has 0 atom stereocenters. The smallest absolute Gasteiger partial charge is 0.278 e. The monoisotopic (exact) mass is 609 g/mol. The molecule has 4 aromatic heterocycles. The summed E-state index contributed by atoms with van der Waals surface area (Å²) in [6.45, 7) is 2.76. The number of imidazole rings is 1. The average Bonchev–Trinajstić information content (AvgIpc) is 3.67. The molecule has 0 saturated carbocycles. The van der Waals surface area contributed by atoms with Crippen molar-refractivity contribution in [2.24, 2.45) is 0 Å². The first-order valence-corrected chi connectivity index (χ1v) is 14.7. The van der Waals surface area contributed by atoms with Crippen LogP contribution >= 0.6 is 11.8 Å². The molecule has 0 bridgehead atoms. The van der Waals surface area contributed by atoms with Crippen LogP contribution in [-0.4, -0.2) is 67.1 Å². The van der Waals surface area contributed by atoms with Crippen molar-refractivity contribution in [3.63, 3.8) is 0 Å². The predicted octanol–water partition coefficient (Wildman–Crippen LogP) is 6.17. The molecule has 0 radical (unpaired) electrons. The Bertz CT molecular complexity index is 1940. The molecule has 13 heteroatoms. The fraction of sp³-hybridized carbons (Fsp3) is 0.161. The Hall–Kier alpha value is -5.14. The Balaban J connectivity index is 1.28. The van der Waals surface area contributed by atoms with Gasteiger partial charge < -0.3 is 24.9 Å². The molecule has 44 heavy (non-hydrogen) atoms. The summed E-state index contributed by atoms with van der Waals surface area (Å²) in [4.78, 5) is 40.8. The standard InChI is InChI=1S/C31H28FN9O2S/c1-18-6-11-21(15-23(18)39-28-22(5-4-12-33-28)24-25-29(36-16-34-24)37-17-35-25)38-30(42)26-27(19-7-9-20(32)10-8-19)43-31(40-26)44-14-13-41(2)3/h4-12,15-17H,13-14H2,1-3H3,(H,33,39)(H,38,42)(H,34,35,36,37). The number of aryl methyl sites for hydroxylation is 1. The van der Waals surface area contributed by atoms with Gasteiger partial charge in [-0.15, -0.1) is 0 Å².